The van der Waals surface area contributed by atoms with E-state index in [1.807, 2.05) is 42.6 Å². The van der Waals surface area contributed by atoms with Crippen LogP contribution in [0, 0.1) is 6.92 Å². The molecule has 94 valence electrons. The van der Waals surface area contributed by atoms with Crippen LogP contribution in [-0.2, 0) is 0 Å². The van der Waals surface area contributed by atoms with Crippen molar-refractivity contribution in [3.63, 3.8) is 0 Å². The molecule has 3 aromatic rings. The van der Waals surface area contributed by atoms with Crippen molar-refractivity contribution in [1.29, 1.82) is 0 Å². The van der Waals surface area contributed by atoms with Crippen molar-refractivity contribution in [3.8, 4) is 22.8 Å². The zero-order chi connectivity index (χ0) is 13.2. The van der Waals surface area contributed by atoms with Gasteiger partial charge < -0.3 is 0 Å². The lowest BCUT2D eigenvalue weighted by Crippen LogP contribution is -1.93. The molecule has 0 atom stereocenters. The number of hydrogen-bond acceptors (Lipinski definition) is 4. The monoisotopic (exact) mass is 287 g/mol. The highest BCUT2D eigenvalue weighted by Crippen LogP contribution is 2.24. The van der Waals surface area contributed by atoms with E-state index < -0.39 is 0 Å². The molecule has 0 fully saturated rings. The second-order valence-corrected chi connectivity index (χ2v) is 5.47. The largest absolute Gasteiger partial charge is 0.238 e. The average molecular weight is 288 g/mol. The number of thiazole rings is 1. The van der Waals surface area contributed by atoms with Gasteiger partial charge in [0.2, 0.25) is 0 Å². The van der Waals surface area contributed by atoms with Crippen LogP contribution in [0.3, 0.4) is 0 Å². The van der Waals surface area contributed by atoms with Gasteiger partial charge >= 0.3 is 0 Å². The Kier molecular flexibility index (Phi) is 3.27. The number of benzene rings is 1. The summed E-state index contributed by atoms with van der Waals surface area (Å²) in [5.74, 6) is 0.565. The fraction of sp³-hybridized carbons (Fsp3) is 0.0714. The zero-order valence-electron chi connectivity index (χ0n) is 10.2. The molecule has 0 unspecified atom stereocenters. The summed E-state index contributed by atoms with van der Waals surface area (Å²) < 4.78 is 0. The van der Waals surface area contributed by atoms with Gasteiger partial charge in [-0.3, -0.25) is 0 Å². The van der Waals surface area contributed by atoms with Gasteiger partial charge in [-0.1, -0.05) is 41.9 Å². The Labute approximate surface area is 120 Å². The van der Waals surface area contributed by atoms with E-state index >= 15 is 0 Å². The third-order valence-electron chi connectivity index (χ3n) is 2.61. The van der Waals surface area contributed by atoms with Crippen LogP contribution in [-0.4, -0.2) is 15.0 Å². The molecule has 0 amide bonds. The van der Waals surface area contributed by atoms with E-state index in [9.17, 15) is 0 Å². The third-order valence-corrected chi connectivity index (χ3v) is 3.58. The van der Waals surface area contributed by atoms with Crippen molar-refractivity contribution in [2.45, 2.75) is 6.92 Å². The number of halogens is 1. The SMILES string of the molecule is Cc1nc(-c2nc(Cl)cc(-c3ccccc3)n2)cs1. The van der Waals surface area contributed by atoms with Gasteiger partial charge in [0, 0.05) is 17.0 Å². The van der Waals surface area contributed by atoms with Crippen molar-refractivity contribution < 1.29 is 0 Å². The molecule has 3 rings (SSSR count). The van der Waals surface area contributed by atoms with Gasteiger partial charge in [0.1, 0.15) is 10.8 Å². The first-order valence-electron chi connectivity index (χ1n) is 5.75. The molecular formula is C14H10ClN3S. The summed E-state index contributed by atoms with van der Waals surface area (Å²) in [4.78, 5) is 13.2. The van der Waals surface area contributed by atoms with Crippen LogP contribution in [0.25, 0.3) is 22.8 Å². The summed E-state index contributed by atoms with van der Waals surface area (Å²) >= 11 is 7.65. The van der Waals surface area contributed by atoms with E-state index in [1.54, 1.807) is 17.4 Å². The van der Waals surface area contributed by atoms with E-state index in [1.165, 1.54) is 0 Å². The standard InChI is InChI=1S/C14H10ClN3S/c1-9-16-12(8-19-9)14-17-11(7-13(15)18-14)10-5-3-2-4-6-10/h2-8H,1H3. The number of nitrogens with zero attached hydrogens (tertiary/aromatic N) is 3. The summed E-state index contributed by atoms with van der Waals surface area (Å²) in [5.41, 5.74) is 2.59. The molecule has 0 aliphatic carbocycles. The Hall–Kier alpha value is -1.78. The van der Waals surface area contributed by atoms with Crippen molar-refractivity contribution >= 4 is 22.9 Å². The highest BCUT2D eigenvalue weighted by molar-refractivity contribution is 7.09. The predicted molar refractivity (Wildman–Crippen MR) is 78.3 cm³/mol. The summed E-state index contributed by atoms with van der Waals surface area (Å²) in [6, 6.07) is 11.7. The molecule has 0 radical (unpaired) electrons. The fourth-order valence-electron chi connectivity index (χ4n) is 1.76. The Balaban J connectivity index is 2.11. The Morgan fingerprint density at radius 3 is 2.47 bits per heavy atom. The molecule has 0 aliphatic rings. The summed E-state index contributed by atoms with van der Waals surface area (Å²) in [6.45, 7) is 1.96. The third kappa shape index (κ3) is 2.64. The van der Waals surface area contributed by atoms with Crippen molar-refractivity contribution in [3.05, 3.63) is 51.9 Å². The van der Waals surface area contributed by atoms with Gasteiger partial charge in [-0.15, -0.1) is 11.3 Å². The molecule has 0 saturated carbocycles. The first-order valence-corrected chi connectivity index (χ1v) is 7.00. The first-order chi connectivity index (χ1) is 9.22. The van der Waals surface area contributed by atoms with E-state index in [0.717, 1.165) is 22.0 Å². The van der Waals surface area contributed by atoms with Crippen molar-refractivity contribution in [2.75, 3.05) is 0 Å². The zero-order valence-corrected chi connectivity index (χ0v) is 11.7. The normalized spacial score (nSPS) is 10.6. The number of rotatable bonds is 2. The van der Waals surface area contributed by atoms with Crippen LogP contribution in [0.1, 0.15) is 5.01 Å². The topological polar surface area (TPSA) is 38.7 Å². The molecule has 0 spiro atoms. The smallest absolute Gasteiger partial charge is 0.181 e. The summed E-state index contributed by atoms with van der Waals surface area (Å²) in [6.07, 6.45) is 0. The Morgan fingerprint density at radius 1 is 1.00 bits per heavy atom. The molecule has 2 heterocycles. The second-order valence-electron chi connectivity index (χ2n) is 4.02. The highest BCUT2D eigenvalue weighted by atomic mass is 35.5. The first kappa shape index (κ1) is 12.3. The number of aromatic nitrogens is 3. The van der Waals surface area contributed by atoms with E-state index in [-0.39, 0.29) is 0 Å². The van der Waals surface area contributed by atoms with Gasteiger partial charge in [-0.2, -0.15) is 0 Å². The van der Waals surface area contributed by atoms with Gasteiger partial charge in [0.05, 0.1) is 10.7 Å². The molecule has 0 N–H and O–H groups in total. The van der Waals surface area contributed by atoms with E-state index in [2.05, 4.69) is 15.0 Å². The minimum Gasteiger partial charge on any atom is -0.238 e. The molecule has 5 heteroatoms. The van der Waals surface area contributed by atoms with E-state index in [0.29, 0.717) is 11.0 Å². The Bertz CT molecular complexity index is 710. The van der Waals surface area contributed by atoms with Crippen LogP contribution in [0.15, 0.2) is 41.8 Å². The van der Waals surface area contributed by atoms with Crippen molar-refractivity contribution in [1.82, 2.24) is 15.0 Å². The lowest BCUT2D eigenvalue weighted by atomic mass is 10.1. The fourth-order valence-corrected chi connectivity index (χ4v) is 2.53. The van der Waals surface area contributed by atoms with Gasteiger partial charge in [-0.05, 0) is 6.92 Å². The van der Waals surface area contributed by atoms with Crippen molar-refractivity contribution in [2.24, 2.45) is 0 Å². The number of hydrogen-bond donors (Lipinski definition) is 0. The molecular weight excluding hydrogens is 278 g/mol. The van der Waals surface area contributed by atoms with Crippen LogP contribution in [0.5, 0.6) is 0 Å². The minimum absolute atomic E-state index is 0.425. The maximum atomic E-state index is 6.08. The minimum atomic E-state index is 0.425. The van der Waals surface area contributed by atoms with Crippen LogP contribution < -0.4 is 0 Å². The van der Waals surface area contributed by atoms with Gasteiger partial charge in [0.15, 0.2) is 5.82 Å². The second kappa shape index (κ2) is 5.07. The number of aryl methyl sites for hydroxylation is 1. The molecule has 1 aromatic carbocycles. The molecule has 0 bridgehead atoms. The maximum absolute atomic E-state index is 6.08. The van der Waals surface area contributed by atoms with Crippen LogP contribution in [0.4, 0.5) is 0 Å². The molecule has 3 nitrogen and oxygen atoms in total. The average Bonchev–Trinajstić information content (AvgIpc) is 2.86. The molecule has 19 heavy (non-hydrogen) atoms. The van der Waals surface area contributed by atoms with Crippen LogP contribution in [0.2, 0.25) is 5.15 Å². The summed E-state index contributed by atoms with van der Waals surface area (Å²) in [7, 11) is 0. The maximum Gasteiger partial charge on any atom is 0.181 e. The molecule has 0 aliphatic heterocycles. The van der Waals surface area contributed by atoms with Crippen LogP contribution >= 0.6 is 22.9 Å². The summed E-state index contributed by atoms with van der Waals surface area (Å²) in [5, 5.41) is 3.35. The molecule has 2 aromatic heterocycles. The molecule has 0 saturated heterocycles. The predicted octanol–water partition coefficient (Wildman–Crippen LogP) is 4.23. The quantitative estimate of drug-likeness (QED) is 0.662. The van der Waals surface area contributed by atoms with Gasteiger partial charge in [-0.25, -0.2) is 15.0 Å². The lowest BCUT2D eigenvalue weighted by molar-refractivity contribution is 1.14. The Morgan fingerprint density at radius 2 is 1.79 bits per heavy atom. The van der Waals surface area contributed by atoms with E-state index in [4.69, 9.17) is 11.6 Å². The van der Waals surface area contributed by atoms with Gasteiger partial charge in [0.25, 0.3) is 0 Å². The highest BCUT2D eigenvalue weighted by Gasteiger charge is 2.09. The lowest BCUT2D eigenvalue weighted by Gasteiger charge is -2.03.